The van der Waals surface area contributed by atoms with Crippen LogP contribution in [0.5, 0.6) is 11.5 Å². The molecule has 2 aromatic heterocycles. The second kappa shape index (κ2) is 9.71. The Bertz CT molecular complexity index is 1560. The molecule has 2 heterocycles. The predicted molar refractivity (Wildman–Crippen MR) is 133 cm³/mol. The lowest BCUT2D eigenvalue weighted by molar-refractivity contribution is -0.387. The zero-order chi connectivity index (χ0) is 25.1. The summed E-state index contributed by atoms with van der Waals surface area (Å²) in [5.74, 6) is 0.536. The van der Waals surface area contributed by atoms with Gasteiger partial charge in [0.15, 0.2) is 0 Å². The molecule has 0 bridgehead atoms. The summed E-state index contributed by atoms with van der Waals surface area (Å²) < 4.78 is 27.1. The lowest BCUT2D eigenvalue weighted by atomic mass is 10.2. The Labute approximate surface area is 204 Å². The molecule has 0 unspecified atom stereocenters. The zero-order valence-corrected chi connectivity index (χ0v) is 19.1. The number of nitrogens with one attached hydrogen (secondary N) is 1. The first-order valence-electron chi connectivity index (χ1n) is 10.9. The number of nitro benzene ring substituents is 1. The molecule has 0 saturated heterocycles. The number of hydrogen-bond donors (Lipinski definition) is 1. The first-order chi connectivity index (χ1) is 17.5. The number of ether oxygens (including phenoxy) is 2. The van der Waals surface area contributed by atoms with Crippen LogP contribution in [-0.2, 0) is 6.61 Å². The Morgan fingerprint density at radius 1 is 1.06 bits per heavy atom. The monoisotopic (exact) mass is 485 g/mol. The molecular formula is C26H20FN5O4. The van der Waals surface area contributed by atoms with E-state index in [1.165, 1.54) is 7.11 Å². The molecule has 5 rings (SSSR count). The summed E-state index contributed by atoms with van der Waals surface area (Å²) >= 11 is 0. The molecule has 1 N–H and O–H groups in total. The quantitative estimate of drug-likeness (QED) is 0.219. The highest BCUT2D eigenvalue weighted by atomic mass is 19.1. The molecule has 36 heavy (non-hydrogen) atoms. The fourth-order valence-electron chi connectivity index (χ4n) is 3.81. The molecule has 0 aliphatic rings. The van der Waals surface area contributed by atoms with Crippen molar-refractivity contribution >= 4 is 28.2 Å². The number of hydrogen-bond acceptors (Lipinski definition) is 7. The second-order valence-corrected chi connectivity index (χ2v) is 7.77. The van der Waals surface area contributed by atoms with Crippen molar-refractivity contribution in [3.8, 4) is 17.3 Å². The van der Waals surface area contributed by atoms with Gasteiger partial charge in [-0.25, -0.2) is 4.98 Å². The van der Waals surface area contributed by atoms with Crippen LogP contribution in [0.25, 0.3) is 16.7 Å². The van der Waals surface area contributed by atoms with Crippen LogP contribution >= 0.6 is 0 Å². The van der Waals surface area contributed by atoms with Gasteiger partial charge in [-0.3, -0.25) is 10.1 Å². The number of nitro groups is 1. The molecule has 0 saturated carbocycles. The Morgan fingerprint density at radius 2 is 1.89 bits per heavy atom. The van der Waals surface area contributed by atoms with E-state index in [0.29, 0.717) is 12.4 Å². The number of anilines is 2. The fraction of sp³-hybridized carbons (Fsp3) is 0.0769. The van der Waals surface area contributed by atoms with Gasteiger partial charge in [-0.1, -0.05) is 36.4 Å². The van der Waals surface area contributed by atoms with Crippen LogP contribution in [0.1, 0.15) is 5.56 Å². The number of halogens is 1. The van der Waals surface area contributed by atoms with E-state index in [2.05, 4.69) is 15.3 Å². The molecule has 0 radical (unpaired) electrons. The molecule has 10 heteroatoms. The highest BCUT2D eigenvalue weighted by Gasteiger charge is 2.20. The summed E-state index contributed by atoms with van der Waals surface area (Å²) in [6.07, 6.45) is 3.42. The number of fused-ring (bicyclic) bond motifs is 1. The van der Waals surface area contributed by atoms with Gasteiger partial charge >= 0.3 is 5.69 Å². The Hall–Kier alpha value is -4.99. The zero-order valence-electron chi connectivity index (χ0n) is 19.1. The van der Waals surface area contributed by atoms with E-state index in [4.69, 9.17) is 9.47 Å². The molecule has 0 fully saturated rings. The van der Waals surface area contributed by atoms with Crippen molar-refractivity contribution in [1.82, 2.24) is 14.5 Å². The van der Waals surface area contributed by atoms with Gasteiger partial charge < -0.3 is 19.4 Å². The topological polar surface area (TPSA) is 104 Å². The smallest absolute Gasteiger partial charge is 0.307 e. The molecule has 5 aromatic rings. The normalized spacial score (nSPS) is 10.8. The number of methoxy groups -OCH3 is 1. The van der Waals surface area contributed by atoms with Crippen molar-refractivity contribution in [3.05, 3.63) is 107 Å². The highest BCUT2D eigenvalue weighted by Crippen LogP contribution is 2.34. The minimum absolute atomic E-state index is 0.0822. The minimum atomic E-state index is -0.999. The van der Waals surface area contributed by atoms with Gasteiger partial charge in [0.25, 0.3) is 0 Å². The van der Waals surface area contributed by atoms with Gasteiger partial charge in [-0.2, -0.15) is 9.37 Å². The van der Waals surface area contributed by atoms with Gasteiger partial charge in [0.2, 0.25) is 11.8 Å². The van der Waals surface area contributed by atoms with Crippen LogP contribution in [0.3, 0.4) is 0 Å². The third-order valence-electron chi connectivity index (χ3n) is 5.53. The Balaban J connectivity index is 1.45. The van der Waals surface area contributed by atoms with Crippen molar-refractivity contribution in [2.75, 3.05) is 12.4 Å². The van der Waals surface area contributed by atoms with Gasteiger partial charge in [-0.15, -0.1) is 0 Å². The van der Waals surface area contributed by atoms with Crippen molar-refractivity contribution in [2.24, 2.45) is 0 Å². The van der Waals surface area contributed by atoms with E-state index >= 15 is 0 Å². The fourth-order valence-corrected chi connectivity index (χ4v) is 3.81. The second-order valence-electron chi connectivity index (χ2n) is 7.77. The minimum Gasteiger partial charge on any atom is -0.494 e. The van der Waals surface area contributed by atoms with Crippen molar-refractivity contribution in [1.29, 1.82) is 0 Å². The SMILES string of the molecule is COc1cc(F)c([N+](=O)[O-])cc1Nc1nccc(-n2ccc3c(OCc4ccccc4)cccc32)n1. The molecule has 9 nitrogen and oxygen atoms in total. The van der Waals surface area contributed by atoms with E-state index in [9.17, 15) is 14.5 Å². The number of aromatic nitrogens is 3. The van der Waals surface area contributed by atoms with E-state index in [0.717, 1.165) is 34.3 Å². The maximum atomic E-state index is 14.0. The first-order valence-corrected chi connectivity index (χ1v) is 10.9. The standard InChI is InChI=1S/C26H20FN5O4/c1-35-24-14-19(27)22(32(33)34)15-20(24)29-26-28-12-10-25(30-26)31-13-11-18-21(31)8-5-9-23(18)36-16-17-6-3-2-4-7-17/h2-15H,16H2,1H3,(H,28,29,30). The van der Waals surface area contributed by atoms with Gasteiger partial charge in [0.1, 0.15) is 23.9 Å². The average molecular weight is 485 g/mol. The van der Waals surface area contributed by atoms with Crippen molar-refractivity contribution in [3.63, 3.8) is 0 Å². The summed E-state index contributed by atoms with van der Waals surface area (Å²) in [7, 11) is 1.34. The van der Waals surface area contributed by atoms with E-state index in [1.807, 2.05) is 65.4 Å². The predicted octanol–water partition coefficient (Wildman–Crippen LogP) is 5.80. The number of benzene rings is 3. The molecule has 0 atom stereocenters. The van der Waals surface area contributed by atoms with Gasteiger partial charge in [0, 0.05) is 29.9 Å². The van der Waals surface area contributed by atoms with E-state index in [1.54, 1.807) is 12.3 Å². The molecule has 0 spiro atoms. The van der Waals surface area contributed by atoms with E-state index in [-0.39, 0.29) is 17.4 Å². The highest BCUT2D eigenvalue weighted by molar-refractivity contribution is 5.87. The van der Waals surface area contributed by atoms with Crippen LogP contribution < -0.4 is 14.8 Å². The average Bonchev–Trinajstić information content (AvgIpc) is 3.34. The van der Waals surface area contributed by atoms with Crippen LogP contribution in [0.4, 0.5) is 21.7 Å². The molecule has 0 amide bonds. The lowest BCUT2D eigenvalue weighted by Gasteiger charge is -2.12. The summed E-state index contributed by atoms with van der Waals surface area (Å²) in [6.45, 7) is 0.443. The summed E-state index contributed by atoms with van der Waals surface area (Å²) in [5.41, 5.74) is 1.42. The van der Waals surface area contributed by atoms with Gasteiger partial charge in [0.05, 0.1) is 23.2 Å². The summed E-state index contributed by atoms with van der Waals surface area (Å²) in [4.78, 5) is 19.1. The third-order valence-corrected chi connectivity index (χ3v) is 5.53. The third kappa shape index (κ3) is 4.51. The molecular weight excluding hydrogens is 465 g/mol. The van der Waals surface area contributed by atoms with Crippen LogP contribution in [0, 0.1) is 15.9 Å². The van der Waals surface area contributed by atoms with E-state index < -0.39 is 16.4 Å². The molecule has 3 aromatic carbocycles. The van der Waals surface area contributed by atoms with Crippen LogP contribution in [-0.4, -0.2) is 26.6 Å². The Kier molecular flexibility index (Phi) is 6.14. The molecule has 180 valence electrons. The molecule has 0 aliphatic heterocycles. The number of rotatable bonds is 8. The van der Waals surface area contributed by atoms with Crippen molar-refractivity contribution in [2.45, 2.75) is 6.61 Å². The molecule has 0 aliphatic carbocycles. The van der Waals surface area contributed by atoms with Crippen LogP contribution in [0.15, 0.2) is 85.2 Å². The number of nitrogens with zero attached hydrogens (tertiary/aromatic N) is 4. The summed E-state index contributed by atoms with van der Waals surface area (Å²) in [5, 5.41) is 15.0. The van der Waals surface area contributed by atoms with Crippen molar-refractivity contribution < 1.29 is 18.8 Å². The lowest BCUT2D eigenvalue weighted by Crippen LogP contribution is -2.04. The Morgan fingerprint density at radius 3 is 2.67 bits per heavy atom. The van der Waals surface area contributed by atoms with Crippen LogP contribution in [0.2, 0.25) is 0 Å². The maximum absolute atomic E-state index is 14.0. The summed E-state index contributed by atoms with van der Waals surface area (Å²) in [6, 6.07) is 21.3. The van der Waals surface area contributed by atoms with Gasteiger partial charge in [-0.05, 0) is 29.8 Å². The largest absolute Gasteiger partial charge is 0.494 e. The first kappa shape index (κ1) is 22.8. The maximum Gasteiger partial charge on any atom is 0.307 e.